The van der Waals surface area contributed by atoms with Crippen molar-refractivity contribution in [3.8, 4) is 0 Å². The van der Waals surface area contributed by atoms with Gasteiger partial charge in [-0.2, -0.15) is 0 Å². The van der Waals surface area contributed by atoms with Gasteiger partial charge in [-0.1, -0.05) is 0 Å². The van der Waals surface area contributed by atoms with Crippen LogP contribution in [0.4, 0.5) is 0 Å². The van der Waals surface area contributed by atoms with Gasteiger partial charge in [0, 0.05) is 0 Å². The predicted octanol–water partition coefficient (Wildman–Crippen LogP) is 0.892. The lowest BCUT2D eigenvalue weighted by Crippen LogP contribution is -2.10. The van der Waals surface area contributed by atoms with Crippen LogP contribution in [-0.4, -0.2) is 31.1 Å². The number of ether oxygens (including phenoxy) is 2. The van der Waals surface area contributed by atoms with Gasteiger partial charge >= 0.3 is 11.9 Å². The number of aromatic nitrogens is 1. The van der Waals surface area contributed by atoms with Gasteiger partial charge in [0.2, 0.25) is 0 Å². The molecule has 0 aliphatic rings. The molecule has 1 aromatic rings. The van der Waals surface area contributed by atoms with Gasteiger partial charge in [-0.15, -0.1) is 0 Å². The van der Waals surface area contributed by atoms with E-state index in [-0.39, 0.29) is 12.4 Å². The molecule has 0 bridgehead atoms. The first-order valence-corrected chi connectivity index (χ1v) is 4.70. The Hall–Kier alpha value is -1.91. The third kappa shape index (κ3) is 2.79. The Morgan fingerprint density at radius 1 is 1.25 bits per heavy atom. The summed E-state index contributed by atoms with van der Waals surface area (Å²) in [6, 6.07) is 3.20. The molecular formula is C11H13NO4. The summed E-state index contributed by atoms with van der Waals surface area (Å²) in [6.45, 7) is 1.69. The number of nitrogens with zero attached hydrogens (tertiary/aromatic N) is 1. The molecule has 5 heteroatoms. The quantitative estimate of drug-likeness (QED) is 0.712. The van der Waals surface area contributed by atoms with Crippen LogP contribution >= 0.6 is 0 Å². The van der Waals surface area contributed by atoms with E-state index in [9.17, 15) is 9.59 Å². The van der Waals surface area contributed by atoms with Gasteiger partial charge in [0.25, 0.3) is 0 Å². The second-order valence-corrected chi connectivity index (χ2v) is 3.18. The Morgan fingerprint density at radius 2 is 1.94 bits per heavy atom. The number of carbonyl (C=O) groups is 2. The predicted molar refractivity (Wildman–Crippen MR) is 56.0 cm³/mol. The number of hydrogen-bond donors (Lipinski definition) is 0. The van der Waals surface area contributed by atoms with Crippen LogP contribution in [0, 0.1) is 6.92 Å². The molecule has 0 aliphatic carbocycles. The second-order valence-electron chi connectivity index (χ2n) is 3.18. The molecule has 1 aromatic heterocycles. The van der Waals surface area contributed by atoms with Crippen LogP contribution in [0.2, 0.25) is 0 Å². The lowest BCUT2D eigenvalue weighted by atomic mass is 10.1. The van der Waals surface area contributed by atoms with Crippen LogP contribution in [0.3, 0.4) is 0 Å². The molecule has 86 valence electrons. The van der Waals surface area contributed by atoms with Crippen LogP contribution in [0.25, 0.3) is 0 Å². The van der Waals surface area contributed by atoms with Crippen LogP contribution in [0.5, 0.6) is 0 Å². The molecule has 16 heavy (non-hydrogen) atoms. The second kappa shape index (κ2) is 5.25. The first-order chi connectivity index (χ1) is 7.58. The maximum atomic E-state index is 11.3. The molecule has 0 unspecified atom stereocenters. The monoisotopic (exact) mass is 223 g/mol. The molecule has 0 aliphatic heterocycles. The SMILES string of the molecule is COC(=O)Cc1ccc(C(=O)OC)c(C)n1. The maximum Gasteiger partial charge on any atom is 0.339 e. The van der Waals surface area contributed by atoms with Crippen molar-refractivity contribution in [3.63, 3.8) is 0 Å². The molecule has 0 spiro atoms. The minimum absolute atomic E-state index is 0.0960. The molecule has 1 heterocycles. The summed E-state index contributed by atoms with van der Waals surface area (Å²) in [6.07, 6.45) is 0.0960. The molecular weight excluding hydrogens is 210 g/mol. The van der Waals surface area contributed by atoms with Crippen molar-refractivity contribution >= 4 is 11.9 Å². The van der Waals surface area contributed by atoms with Crippen molar-refractivity contribution in [1.29, 1.82) is 0 Å². The normalized spacial score (nSPS) is 9.69. The highest BCUT2D eigenvalue weighted by Gasteiger charge is 2.12. The van der Waals surface area contributed by atoms with Gasteiger partial charge in [0.05, 0.1) is 37.6 Å². The molecule has 0 fully saturated rings. The average Bonchev–Trinajstić information content (AvgIpc) is 2.28. The van der Waals surface area contributed by atoms with E-state index in [0.717, 1.165) is 0 Å². The van der Waals surface area contributed by atoms with Crippen molar-refractivity contribution in [1.82, 2.24) is 4.98 Å². The van der Waals surface area contributed by atoms with Gasteiger partial charge < -0.3 is 9.47 Å². The van der Waals surface area contributed by atoms with E-state index in [1.807, 2.05) is 0 Å². The van der Waals surface area contributed by atoms with Crippen LogP contribution in [0.15, 0.2) is 12.1 Å². The Labute approximate surface area is 93.4 Å². The Balaban J connectivity index is 2.91. The van der Waals surface area contributed by atoms with E-state index in [0.29, 0.717) is 17.0 Å². The lowest BCUT2D eigenvalue weighted by Gasteiger charge is -2.05. The van der Waals surface area contributed by atoms with E-state index in [2.05, 4.69) is 14.5 Å². The summed E-state index contributed by atoms with van der Waals surface area (Å²) < 4.78 is 9.11. The fourth-order valence-corrected chi connectivity index (χ4v) is 1.26. The molecule has 0 radical (unpaired) electrons. The van der Waals surface area contributed by atoms with Gasteiger partial charge in [-0.3, -0.25) is 9.78 Å². The standard InChI is InChI=1S/C11H13NO4/c1-7-9(11(14)16-3)5-4-8(12-7)6-10(13)15-2/h4-5H,6H2,1-3H3. The lowest BCUT2D eigenvalue weighted by molar-refractivity contribution is -0.139. The fraction of sp³-hybridized carbons (Fsp3) is 0.364. The first kappa shape index (κ1) is 12.2. The number of hydrogen-bond acceptors (Lipinski definition) is 5. The molecule has 0 saturated carbocycles. The molecule has 1 rings (SSSR count). The summed E-state index contributed by atoms with van der Waals surface area (Å²) in [5.74, 6) is -0.799. The number of pyridine rings is 1. The molecule has 0 aromatic carbocycles. The fourth-order valence-electron chi connectivity index (χ4n) is 1.26. The molecule has 0 saturated heterocycles. The van der Waals surface area contributed by atoms with E-state index in [1.165, 1.54) is 14.2 Å². The highest BCUT2D eigenvalue weighted by molar-refractivity contribution is 5.90. The highest BCUT2D eigenvalue weighted by atomic mass is 16.5. The van der Waals surface area contributed by atoms with Crippen LogP contribution in [-0.2, 0) is 20.7 Å². The van der Waals surface area contributed by atoms with Crippen molar-refractivity contribution in [3.05, 3.63) is 29.1 Å². The zero-order valence-electron chi connectivity index (χ0n) is 9.44. The Morgan fingerprint density at radius 3 is 2.44 bits per heavy atom. The van der Waals surface area contributed by atoms with Crippen molar-refractivity contribution < 1.29 is 19.1 Å². The van der Waals surface area contributed by atoms with E-state index < -0.39 is 5.97 Å². The number of carbonyl (C=O) groups excluding carboxylic acids is 2. The number of methoxy groups -OCH3 is 2. The Kier molecular flexibility index (Phi) is 3.99. The van der Waals surface area contributed by atoms with Gasteiger partial charge in [-0.25, -0.2) is 4.79 Å². The summed E-state index contributed by atoms with van der Waals surface area (Å²) in [5.41, 5.74) is 1.50. The molecule has 5 nitrogen and oxygen atoms in total. The van der Waals surface area contributed by atoms with Gasteiger partial charge in [0.15, 0.2) is 0 Å². The molecule has 0 atom stereocenters. The zero-order valence-corrected chi connectivity index (χ0v) is 9.44. The molecule has 0 N–H and O–H groups in total. The minimum Gasteiger partial charge on any atom is -0.469 e. The molecule has 0 amide bonds. The summed E-state index contributed by atoms with van der Waals surface area (Å²) in [5, 5.41) is 0. The van der Waals surface area contributed by atoms with E-state index in [1.54, 1.807) is 19.1 Å². The third-order valence-corrected chi connectivity index (χ3v) is 2.10. The Bertz CT molecular complexity index is 414. The number of esters is 2. The topological polar surface area (TPSA) is 65.5 Å². The largest absolute Gasteiger partial charge is 0.469 e. The first-order valence-electron chi connectivity index (χ1n) is 4.70. The zero-order chi connectivity index (χ0) is 12.1. The highest BCUT2D eigenvalue weighted by Crippen LogP contribution is 2.09. The van der Waals surface area contributed by atoms with Crippen LogP contribution < -0.4 is 0 Å². The summed E-state index contributed by atoms with van der Waals surface area (Å²) in [4.78, 5) is 26.4. The smallest absolute Gasteiger partial charge is 0.339 e. The van der Waals surface area contributed by atoms with Crippen molar-refractivity contribution in [2.45, 2.75) is 13.3 Å². The van der Waals surface area contributed by atoms with Gasteiger partial charge in [0.1, 0.15) is 0 Å². The van der Waals surface area contributed by atoms with E-state index >= 15 is 0 Å². The minimum atomic E-state index is -0.436. The van der Waals surface area contributed by atoms with Crippen LogP contribution in [0.1, 0.15) is 21.7 Å². The maximum absolute atomic E-state index is 11.3. The number of rotatable bonds is 3. The summed E-state index contributed by atoms with van der Waals surface area (Å²) >= 11 is 0. The third-order valence-electron chi connectivity index (χ3n) is 2.10. The van der Waals surface area contributed by atoms with Crippen molar-refractivity contribution in [2.75, 3.05) is 14.2 Å². The summed E-state index contributed by atoms with van der Waals surface area (Å²) in [7, 11) is 2.63. The van der Waals surface area contributed by atoms with Crippen molar-refractivity contribution in [2.24, 2.45) is 0 Å². The van der Waals surface area contributed by atoms with Gasteiger partial charge in [-0.05, 0) is 19.1 Å². The van der Waals surface area contributed by atoms with E-state index in [4.69, 9.17) is 0 Å². The average molecular weight is 223 g/mol. The number of aryl methyl sites for hydroxylation is 1.